The first-order chi connectivity index (χ1) is 7.25. The Kier molecular flexibility index (Phi) is 3.34. The molecule has 0 saturated carbocycles. The summed E-state index contributed by atoms with van der Waals surface area (Å²) in [7, 11) is 0. The van der Waals surface area contributed by atoms with Gasteiger partial charge in [0.05, 0.1) is 4.99 Å². The summed E-state index contributed by atoms with van der Waals surface area (Å²) in [5, 5.41) is 0. The van der Waals surface area contributed by atoms with Crippen molar-refractivity contribution in [1.29, 1.82) is 0 Å². The van der Waals surface area contributed by atoms with Crippen LogP contribution in [0.4, 0.5) is 0 Å². The van der Waals surface area contributed by atoms with Gasteiger partial charge >= 0.3 is 0 Å². The molecule has 80 valence electrons. The molecule has 1 aliphatic heterocycles. The van der Waals surface area contributed by atoms with Crippen molar-refractivity contribution < 1.29 is 0 Å². The molecule has 1 aromatic rings. The van der Waals surface area contributed by atoms with Gasteiger partial charge in [-0.25, -0.2) is 0 Å². The first kappa shape index (κ1) is 10.6. The first-order valence-electron chi connectivity index (χ1n) is 5.31. The molecular weight excluding hydrogens is 204 g/mol. The molecule has 1 saturated heterocycles. The normalized spacial score (nSPS) is 21.7. The molecule has 1 aliphatic rings. The van der Waals surface area contributed by atoms with Crippen molar-refractivity contribution in [3.63, 3.8) is 0 Å². The molecule has 3 heteroatoms. The second kappa shape index (κ2) is 4.73. The lowest BCUT2D eigenvalue weighted by molar-refractivity contribution is 0.383. The number of likely N-dealkylation sites (tertiary alicyclic amines) is 1. The highest BCUT2D eigenvalue weighted by molar-refractivity contribution is 7.80. The molecule has 0 radical (unpaired) electrons. The number of rotatable bonds is 3. The van der Waals surface area contributed by atoms with Gasteiger partial charge in [-0.2, -0.15) is 0 Å². The lowest BCUT2D eigenvalue weighted by atomic mass is 9.99. The zero-order valence-electron chi connectivity index (χ0n) is 8.73. The molecule has 2 nitrogen and oxygen atoms in total. The Labute approximate surface area is 96.1 Å². The summed E-state index contributed by atoms with van der Waals surface area (Å²) >= 11 is 4.92. The highest BCUT2D eigenvalue weighted by Gasteiger charge is 2.23. The van der Waals surface area contributed by atoms with Crippen LogP contribution in [0.1, 0.15) is 17.9 Å². The molecule has 0 aromatic heterocycles. The Hall–Kier alpha value is -0.930. The minimum atomic E-state index is 0.601. The fraction of sp³-hybridized carbons (Fsp3) is 0.417. The Balaban J connectivity index is 1.96. The van der Waals surface area contributed by atoms with Gasteiger partial charge in [-0.15, -0.1) is 0 Å². The van der Waals surface area contributed by atoms with Crippen LogP contribution < -0.4 is 5.73 Å². The van der Waals surface area contributed by atoms with E-state index < -0.39 is 0 Å². The number of thiocarbonyl (C=S) groups is 1. The summed E-state index contributed by atoms with van der Waals surface area (Å²) < 4.78 is 0. The molecule has 2 N–H and O–H groups in total. The fourth-order valence-corrected chi connectivity index (χ4v) is 2.38. The van der Waals surface area contributed by atoms with Gasteiger partial charge in [0.25, 0.3) is 0 Å². The Morgan fingerprint density at radius 3 is 2.80 bits per heavy atom. The summed E-state index contributed by atoms with van der Waals surface area (Å²) in [6.07, 6.45) is 1.21. The van der Waals surface area contributed by atoms with Crippen LogP contribution in [0.3, 0.4) is 0 Å². The molecule has 0 spiro atoms. The highest BCUT2D eigenvalue weighted by atomic mass is 32.1. The van der Waals surface area contributed by atoms with E-state index in [1.807, 2.05) is 0 Å². The predicted molar refractivity (Wildman–Crippen MR) is 67.0 cm³/mol. The second-order valence-electron chi connectivity index (χ2n) is 4.10. The molecule has 0 amide bonds. The van der Waals surface area contributed by atoms with E-state index in [-0.39, 0.29) is 0 Å². The van der Waals surface area contributed by atoms with Gasteiger partial charge < -0.3 is 5.73 Å². The third kappa shape index (κ3) is 2.76. The van der Waals surface area contributed by atoms with Gasteiger partial charge in [0, 0.05) is 13.1 Å². The lowest BCUT2D eigenvalue weighted by Crippen LogP contribution is -2.30. The molecule has 0 bridgehead atoms. The maximum Gasteiger partial charge on any atom is 0.0870 e. The Morgan fingerprint density at radius 1 is 1.40 bits per heavy atom. The molecule has 1 aromatic carbocycles. The summed E-state index contributed by atoms with van der Waals surface area (Å²) in [6.45, 7) is 2.96. The molecule has 1 atom stereocenters. The van der Waals surface area contributed by atoms with Gasteiger partial charge in [-0.05, 0) is 24.4 Å². The number of hydrogen-bond donors (Lipinski definition) is 1. The van der Waals surface area contributed by atoms with Crippen LogP contribution in [-0.2, 0) is 0 Å². The minimum Gasteiger partial charge on any atom is -0.392 e. The maximum absolute atomic E-state index is 5.55. The second-order valence-corrected chi connectivity index (χ2v) is 4.62. The van der Waals surface area contributed by atoms with Gasteiger partial charge in [0.15, 0.2) is 0 Å². The third-order valence-corrected chi connectivity index (χ3v) is 3.05. The highest BCUT2D eigenvalue weighted by Crippen LogP contribution is 2.26. The van der Waals surface area contributed by atoms with Gasteiger partial charge in [-0.3, -0.25) is 4.90 Å². The quantitative estimate of drug-likeness (QED) is 0.787. The van der Waals surface area contributed by atoms with E-state index in [0.29, 0.717) is 10.9 Å². The molecule has 1 heterocycles. The Bertz CT molecular complexity index is 337. The van der Waals surface area contributed by atoms with Gasteiger partial charge in [0.1, 0.15) is 0 Å². The molecule has 2 rings (SSSR count). The van der Waals surface area contributed by atoms with Crippen molar-refractivity contribution in [2.24, 2.45) is 5.73 Å². The van der Waals surface area contributed by atoms with Crippen LogP contribution in [0, 0.1) is 0 Å². The van der Waals surface area contributed by atoms with E-state index >= 15 is 0 Å². The van der Waals surface area contributed by atoms with Crippen molar-refractivity contribution in [2.75, 3.05) is 19.6 Å². The van der Waals surface area contributed by atoms with E-state index in [4.69, 9.17) is 18.0 Å². The summed E-state index contributed by atoms with van der Waals surface area (Å²) in [5.74, 6) is 0.653. The van der Waals surface area contributed by atoms with Crippen molar-refractivity contribution in [3.8, 4) is 0 Å². The van der Waals surface area contributed by atoms with Gasteiger partial charge in [0.2, 0.25) is 0 Å². The SMILES string of the molecule is NC(=S)CN1CCC(c2ccccc2)C1. The van der Waals surface area contributed by atoms with E-state index in [1.54, 1.807) is 0 Å². The predicted octanol–water partition coefficient (Wildman–Crippen LogP) is 1.76. The smallest absolute Gasteiger partial charge is 0.0870 e. The molecule has 1 unspecified atom stereocenters. The average molecular weight is 220 g/mol. The standard InChI is InChI=1S/C12H16N2S/c13-12(15)9-14-7-6-11(8-14)10-4-2-1-3-5-10/h1-5,11H,6-9H2,(H2,13,15). The van der Waals surface area contributed by atoms with E-state index in [2.05, 4.69) is 35.2 Å². The topological polar surface area (TPSA) is 29.3 Å². The number of benzene rings is 1. The third-order valence-electron chi connectivity index (χ3n) is 2.92. The number of nitrogens with zero attached hydrogens (tertiary/aromatic N) is 1. The molecular formula is C12H16N2S. The molecule has 0 aliphatic carbocycles. The Morgan fingerprint density at radius 2 is 2.13 bits per heavy atom. The van der Waals surface area contributed by atoms with E-state index in [1.165, 1.54) is 12.0 Å². The van der Waals surface area contributed by atoms with Crippen molar-refractivity contribution in [1.82, 2.24) is 4.90 Å². The van der Waals surface area contributed by atoms with Crippen LogP contribution in [-0.4, -0.2) is 29.5 Å². The van der Waals surface area contributed by atoms with Crippen LogP contribution in [0.2, 0.25) is 0 Å². The molecule has 1 fully saturated rings. The van der Waals surface area contributed by atoms with Crippen molar-refractivity contribution in [2.45, 2.75) is 12.3 Å². The zero-order valence-corrected chi connectivity index (χ0v) is 9.54. The van der Waals surface area contributed by atoms with Crippen LogP contribution in [0.5, 0.6) is 0 Å². The van der Waals surface area contributed by atoms with Crippen LogP contribution in [0.25, 0.3) is 0 Å². The average Bonchev–Trinajstić information content (AvgIpc) is 2.67. The van der Waals surface area contributed by atoms with Crippen molar-refractivity contribution >= 4 is 17.2 Å². The summed E-state index contributed by atoms with van der Waals surface area (Å²) in [6, 6.07) is 10.7. The van der Waals surface area contributed by atoms with Crippen molar-refractivity contribution in [3.05, 3.63) is 35.9 Å². The summed E-state index contributed by atoms with van der Waals surface area (Å²) in [4.78, 5) is 2.93. The maximum atomic E-state index is 5.55. The largest absolute Gasteiger partial charge is 0.392 e. The monoisotopic (exact) mass is 220 g/mol. The van der Waals surface area contributed by atoms with Gasteiger partial charge in [-0.1, -0.05) is 42.5 Å². The summed E-state index contributed by atoms with van der Waals surface area (Å²) in [5.41, 5.74) is 6.98. The minimum absolute atomic E-state index is 0.601. The zero-order chi connectivity index (χ0) is 10.7. The fourth-order valence-electron chi connectivity index (χ4n) is 2.19. The number of nitrogens with two attached hydrogens (primary N) is 1. The lowest BCUT2D eigenvalue weighted by Gasteiger charge is -2.14. The first-order valence-corrected chi connectivity index (χ1v) is 5.72. The van der Waals surface area contributed by atoms with Crippen LogP contribution in [0.15, 0.2) is 30.3 Å². The van der Waals surface area contributed by atoms with E-state index in [9.17, 15) is 0 Å². The van der Waals surface area contributed by atoms with Crippen LogP contribution >= 0.6 is 12.2 Å². The van der Waals surface area contributed by atoms with E-state index in [0.717, 1.165) is 19.6 Å². The number of hydrogen-bond acceptors (Lipinski definition) is 2. The molecule has 15 heavy (non-hydrogen) atoms.